The van der Waals surface area contributed by atoms with Gasteiger partial charge < -0.3 is 4.74 Å². The van der Waals surface area contributed by atoms with Gasteiger partial charge in [-0.1, -0.05) is 31.1 Å². The van der Waals surface area contributed by atoms with Crippen molar-refractivity contribution in [3.8, 4) is 5.69 Å². The Morgan fingerprint density at radius 3 is 2.43 bits per heavy atom. The summed E-state index contributed by atoms with van der Waals surface area (Å²) < 4.78 is 6.92. The third kappa shape index (κ3) is 6.40. The lowest BCUT2D eigenvalue weighted by atomic mass is 10.1. The molecule has 0 aliphatic rings. The Bertz CT molecular complexity index is 949. The molecule has 0 atom stereocenters. The molecule has 0 unspecified atom stereocenters. The second kappa shape index (κ2) is 10.5. The molecular formula is C23H29N3O4. The summed E-state index contributed by atoms with van der Waals surface area (Å²) in [7, 11) is 0. The van der Waals surface area contributed by atoms with E-state index in [1.807, 2.05) is 26.8 Å². The minimum Gasteiger partial charge on any atom is -0.457 e. The normalized spacial score (nSPS) is 11.5. The van der Waals surface area contributed by atoms with E-state index in [0.29, 0.717) is 11.4 Å². The molecule has 0 spiro atoms. The average molecular weight is 412 g/mol. The maximum absolute atomic E-state index is 12.7. The fourth-order valence-electron chi connectivity index (χ4n) is 2.76. The third-order valence-corrected chi connectivity index (χ3v) is 4.57. The summed E-state index contributed by atoms with van der Waals surface area (Å²) in [6.45, 7) is 10.3. The number of aromatic nitrogens is 2. The summed E-state index contributed by atoms with van der Waals surface area (Å²) in [5.41, 5.74) is 4.03. The SMILES string of the molecule is CC(C)=CCC/C(C)=C/COC(=O)c1cc(C(C)C)nn1-c1ccc([N+](=O)[O-])cc1. The van der Waals surface area contributed by atoms with Crippen molar-refractivity contribution in [3.05, 3.63) is 75.1 Å². The van der Waals surface area contributed by atoms with Crippen LogP contribution in [0.2, 0.25) is 0 Å². The van der Waals surface area contributed by atoms with Gasteiger partial charge in [0, 0.05) is 12.1 Å². The van der Waals surface area contributed by atoms with Gasteiger partial charge in [-0.3, -0.25) is 10.1 Å². The number of allylic oxidation sites excluding steroid dienone is 3. The molecule has 0 fully saturated rings. The fraction of sp³-hybridized carbons (Fsp3) is 0.391. The molecule has 0 radical (unpaired) electrons. The maximum Gasteiger partial charge on any atom is 0.357 e. The Hall–Kier alpha value is -3.22. The summed E-state index contributed by atoms with van der Waals surface area (Å²) in [5, 5.41) is 15.4. The number of nitro groups is 1. The predicted octanol–water partition coefficient (Wildman–Crippen LogP) is 5.75. The zero-order chi connectivity index (χ0) is 22.3. The number of hydrogen-bond acceptors (Lipinski definition) is 5. The molecule has 0 saturated carbocycles. The van der Waals surface area contributed by atoms with Gasteiger partial charge in [0.15, 0.2) is 5.69 Å². The number of nitro benzene ring substituents is 1. The number of nitrogens with zero attached hydrogens (tertiary/aromatic N) is 3. The van der Waals surface area contributed by atoms with E-state index >= 15 is 0 Å². The van der Waals surface area contributed by atoms with Gasteiger partial charge in [-0.2, -0.15) is 5.10 Å². The van der Waals surface area contributed by atoms with Gasteiger partial charge in [-0.25, -0.2) is 9.48 Å². The molecule has 7 heteroatoms. The molecule has 2 aromatic rings. The minimum absolute atomic E-state index is 0.0205. The molecule has 0 aliphatic carbocycles. The van der Waals surface area contributed by atoms with Crippen molar-refractivity contribution in [1.29, 1.82) is 0 Å². The smallest absolute Gasteiger partial charge is 0.357 e. The van der Waals surface area contributed by atoms with Crippen molar-refractivity contribution < 1.29 is 14.5 Å². The van der Waals surface area contributed by atoms with Gasteiger partial charge in [0.1, 0.15) is 6.61 Å². The Labute approximate surface area is 177 Å². The van der Waals surface area contributed by atoms with E-state index in [9.17, 15) is 14.9 Å². The number of non-ortho nitro benzene ring substituents is 1. The number of rotatable bonds is 9. The second-order valence-electron chi connectivity index (χ2n) is 7.76. The molecule has 0 amide bonds. The summed E-state index contributed by atoms with van der Waals surface area (Å²) in [5.74, 6) is -0.367. The van der Waals surface area contributed by atoms with Crippen LogP contribution in [0.3, 0.4) is 0 Å². The van der Waals surface area contributed by atoms with Gasteiger partial charge in [0.05, 0.1) is 16.3 Å². The van der Waals surface area contributed by atoms with Crippen molar-refractivity contribution in [1.82, 2.24) is 9.78 Å². The lowest BCUT2D eigenvalue weighted by Crippen LogP contribution is -2.12. The molecule has 0 bridgehead atoms. The molecule has 160 valence electrons. The molecule has 0 N–H and O–H groups in total. The van der Waals surface area contributed by atoms with Crippen LogP contribution in [0.5, 0.6) is 0 Å². The Kier molecular flexibility index (Phi) is 8.09. The quantitative estimate of drug-likeness (QED) is 0.227. The van der Waals surface area contributed by atoms with Crippen LogP contribution in [0.15, 0.2) is 53.6 Å². The second-order valence-corrected chi connectivity index (χ2v) is 7.76. The molecule has 0 saturated heterocycles. The molecular weight excluding hydrogens is 382 g/mol. The van der Waals surface area contributed by atoms with E-state index in [4.69, 9.17) is 4.74 Å². The highest BCUT2D eigenvalue weighted by Gasteiger charge is 2.19. The van der Waals surface area contributed by atoms with Gasteiger partial charge in [0.25, 0.3) is 5.69 Å². The highest BCUT2D eigenvalue weighted by molar-refractivity contribution is 5.88. The summed E-state index contributed by atoms with van der Waals surface area (Å²) >= 11 is 0. The van der Waals surface area contributed by atoms with E-state index < -0.39 is 10.9 Å². The van der Waals surface area contributed by atoms with E-state index in [0.717, 1.165) is 24.1 Å². The molecule has 1 heterocycles. The van der Waals surface area contributed by atoms with E-state index in [2.05, 4.69) is 25.0 Å². The van der Waals surface area contributed by atoms with Crippen LogP contribution in [-0.4, -0.2) is 27.3 Å². The van der Waals surface area contributed by atoms with Gasteiger partial charge in [0.2, 0.25) is 0 Å². The highest BCUT2D eigenvalue weighted by Crippen LogP contribution is 2.21. The Morgan fingerprint density at radius 1 is 1.20 bits per heavy atom. The molecule has 1 aromatic heterocycles. The zero-order valence-electron chi connectivity index (χ0n) is 18.2. The number of benzene rings is 1. The zero-order valence-corrected chi connectivity index (χ0v) is 18.2. The average Bonchev–Trinajstić information content (AvgIpc) is 3.13. The standard InChI is InChI=1S/C23H29N3O4/c1-16(2)7-6-8-18(5)13-14-30-23(27)22-15-21(17(3)4)24-25(22)19-9-11-20(12-10-19)26(28)29/h7,9-13,15,17H,6,8,14H2,1-5H3/b18-13+. The first-order valence-corrected chi connectivity index (χ1v) is 10.00. The monoisotopic (exact) mass is 411 g/mol. The maximum atomic E-state index is 12.7. The van der Waals surface area contributed by atoms with Crippen LogP contribution in [0.25, 0.3) is 5.69 Å². The summed E-state index contributed by atoms with van der Waals surface area (Å²) in [6.07, 6.45) is 5.97. The van der Waals surface area contributed by atoms with Crippen LogP contribution in [0, 0.1) is 10.1 Å². The fourth-order valence-corrected chi connectivity index (χ4v) is 2.76. The number of esters is 1. The van der Waals surface area contributed by atoms with Crippen LogP contribution in [0.4, 0.5) is 5.69 Å². The van der Waals surface area contributed by atoms with E-state index in [1.54, 1.807) is 18.2 Å². The van der Waals surface area contributed by atoms with E-state index in [1.165, 1.54) is 22.4 Å². The predicted molar refractivity (Wildman–Crippen MR) is 117 cm³/mol. The van der Waals surface area contributed by atoms with Crippen molar-refractivity contribution >= 4 is 11.7 Å². The van der Waals surface area contributed by atoms with Crippen molar-refractivity contribution in [3.63, 3.8) is 0 Å². The molecule has 0 aliphatic heterocycles. The van der Waals surface area contributed by atoms with Crippen molar-refractivity contribution in [2.45, 2.75) is 53.4 Å². The summed E-state index contributed by atoms with van der Waals surface area (Å²) in [6, 6.07) is 7.62. The largest absolute Gasteiger partial charge is 0.457 e. The number of carbonyl (C=O) groups is 1. The highest BCUT2D eigenvalue weighted by atomic mass is 16.6. The lowest BCUT2D eigenvalue weighted by Gasteiger charge is -2.07. The van der Waals surface area contributed by atoms with Gasteiger partial charge in [-0.05, 0) is 63.8 Å². The van der Waals surface area contributed by atoms with Gasteiger partial charge >= 0.3 is 5.97 Å². The molecule has 7 nitrogen and oxygen atoms in total. The summed E-state index contributed by atoms with van der Waals surface area (Å²) in [4.78, 5) is 23.1. The van der Waals surface area contributed by atoms with Crippen LogP contribution in [-0.2, 0) is 4.74 Å². The first-order valence-electron chi connectivity index (χ1n) is 10.00. The Balaban J connectivity index is 2.16. The number of ether oxygens (including phenoxy) is 1. The van der Waals surface area contributed by atoms with Crippen molar-refractivity contribution in [2.24, 2.45) is 0 Å². The number of carbonyl (C=O) groups excluding carboxylic acids is 1. The van der Waals surface area contributed by atoms with Crippen LogP contribution in [0.1, 0.15) is 69.6 Å². The molecule has 1 aromatic carbocycles. The minimum atomic E-state index is -0.485. The molecule has 2 rings (SSSR count). The molecule has 30 heavy (non-hydrogen) atoms. The third-order valence-electron chi connectivity index (χ3n) is 4.57. The van der Waals surface area contributed by atoms with E-state index in [-0.39, 0.29) is 18.2 Å². The first kappa shape index (κ1) is 23.1. The van der Waals surface area contributed by atoms with Crippen molar-refractivity contribution in [2.75, 3.05) is 6.61 Å². The first-order chi connectivity index (χ1) is 14.2. The number of hydrogen-bond donors (Lipinski definition) is 0. The van der Waals surface area contributed by atoms with Gasteiger partial charge in [-0.15, -0.1) is 0 Å². The van der Waals surface area contributed by atoms with Crippen LogP contribution < -0.4 is 0 Å². The Morgan fingerprint density at radius 2 is 1.87 bits per heavy atom. The lowest BCUT2D eigenvalue weighted by molar-refractivity contribution is -0.384. The van der Waals surface area contributed by atoms with Crippen LogP contribution >= 0.6 is 0 Å². The topological polar surface area (TPSA) is 87.3 Å².